The van der Waals surface area contributed by atoms with Crippen LogP contribution in [-0.4, -0.2) is 18.4 Å². The van der Waals surface area contributed by atoms with Crippen molar-refractivity contribution in [1.82, 2.24) is 5.32 Å². The molecule has 26 heavy (non-hydrogen) atoms. The van der Waals surface area contributed by atoms with E-state index in [2.05, 4.69) is 26.1 Å². The molecule has 0 saturated carbocycles. The smallest absolute Gasteiger partial charge is 0.325 e. The van der Waals surface area contributed by atoms with Crippen molar-refractivity contribution in [3.8, 4) is 0 Å². The second-order valence-corrected chi connectivity index (χ2v) is 7.73. The third-order valence-electron chi connectivity index (χ3n) is 3.79. The molecule has 2 aromatic rings. The topological polar surface area (TPSA) is 55.4 Å². The summed E-state index contributed by atoms with van der Waals surface area (Å²) in [4.78, 5) is 23.9. The number of ether oxygens (including phenoxy) is 1. The molecule has 1 N–H and O–H groups in total. The molecule has 0 fully saturated rings. The first-order valence-corrected chi connectivity index (χ1v) is 8.91. The molecule has 2 aromatic carbocycles. The molecule has 1 amide bonds. The lowest BCUT2D eigenvalue weighted by Gasteiger charge is -2.19. The van der Waals surface area contributed by atoms with Gasteiger partial charge in [0.05, 0.1) is 10.0 Å². The quantitative estimate of drug-likeness (QED) is 0.744. The summed E-state index contributed by atoms with van der Waals surface area (Å²) in [6.45, 7) is 6.16. The Bertz CT molecular complexity index is 796. The molecule has 0 spiro atoms. The summed E-state index contributed by atoms with van der Waals surface area (Å²) in [5, 5.41) is 3.39. The van der Waals surface area contributed by atoms with Crippen LogP contribution in [0.15, 0.2) is 42.5 Å². The van der Waals surface area contributed by atoms with E-state index in [0.717, 1.165) is 11.1 Å². The summed E-state index contributed by atoms with van der Waals surface area (Å²) >= 11 is 11.7. The summed E-state index contributed by atoms with van der Waals surface area (Å²) in [6, 6.07) is 12.3. The standard InChI is InChI=1S/C20H21Cl2NO3/c1-20(2,3)15-7-5-14(6-8-15)19(25)23-11-18(24)26-12-13-4-9-16(21)17(22)10-13/h4-10H,11-12H2,1-3H3,(H,23,25). The van der Waals surface area contributed by atoms with Gasteiger partial charge in [-0.3, -0.25) is 9.59 Å². The summed E-state index contributed by atoms with van der Waals surface area (Å²) in [7, 11) is 0. The SMILES string of the molecule is CC(C)(C)c1ccc(C(=O)NCC(=O)OCc2ccc(Cl)c(Cl)c2)cc1. The molecule has 0 saturated heterocycles. The van der Waals surface area contributed by atoms with Crippen LogP contribution in [0.4, 0.5) is 0 Å². The second-order valence-electron chi connectivity index (χ2n) is 6.92. The van der Waals surface area contributed by atoms with Crippen LogP contribution in [0.3, 0.4) is 0 Å². The van der Waals surface area contributed by atoms with Crippen LogP contribution >= 0.6 is 23.2 Å². The van der Waals surface area contributed by atoms with Crippen LogP contribution in [0.25, 0.3) is 0 Å². The van der Waals surface area contributed by atoms with Crippen LogP contribution in [0.2, 0.25) is 10.0 Å². The van der Waals surface area contributed by atoms with Crippen molar-refractivity contribution in [3.05, 3.63) is 69.2 Å². The Kier molecular flexibility index (Phi) is 6.68. The summed E-state index contributed by atoms with van der Waals surface area (Å²) in [5.41, 5.74) is 2.37. The Morgan fingerprint density at radius 3 is 2.23 bits per heavy atom. The van der Waals surface area contributed by atoms with E-state index < -0.39 is 5.97 Å². The molecule has 0 aromatic heterocycles. The number of amides is 1. The van der Waals surface area contributed by atoms with Gasteiger partial charge in [0.1, 0.15) is 13.2 Å². The van der Waals surface area contributed by atoms with E-state index >= 15 is 0 Å². The van der Waals surface area contributed by atoms with Crippen molar-refractivity contribution in [2.45, 2.75) is 32.8 Å². The van der Waals surface area contributed by atoms with Gasteiger partial charge in [-0.05, 0) is 40.8 Å². The van der Waals surface area contributed by atoms with Gasteiger partial charge >= 0.3 is 5.97 Å². The molecule has 6 heteroatoms. The van der Waals surface area contributed by atoms with Crippen LogP contribution in [0.5, 0.6) is 0 Å². The molecule has 0 radical (unpaired) electrons. The molecular weight excluding hydrogens is 373 g/mol. The molecule has 4 nitrogen and oxygen atoms in total. The first-order valence-electron chi connectivity index (χ1n) is 8.15. The number of carbonyl (C=O) groups excluding carboxylic acids is 2. The van der Waals surface area contributed by atoms with Gasteiger partial charge in [0.15, 0.2) is 0 Å². The average Bonchev–Trinajstić information content (AvgIpc) is 2.60. The summed E-state index contributed by atoms with van der Waals surface area (Å²) in [6.07, 6.45) is 0. The lowest BCUT2D eigenvalue weighted by molar-refractivity contribution is -0.143. The molecule has 2 rings (SSSR count). The maximum Gasteiger partial charge on any atom is 0.325 e. The first-order chi connectivity index (χ1) is 12.2. The maximum absolute atomic E-state index is 12.1. The fourth-order valence-electron chi connectivity index (χ4n) is 2.22. The van der Waals surface area contributed by atoms with Crippen molar-refractivity contribution in [2.24, 2.45) is 0 Å². The van der Waals surface area contributed by atoms with Crippen molar-refractivity contribution in [3.63, 3.8) is 0 Å². The van der Waals surface area contributed by atoms with Gasteiger partial charge in [0.2, 0.25) is 0 Å². The molecule has 0 aliphatic heterocycles. The molecule has 0 unspecified atom stereocenters. The highest BCUT2D eigenvalue weighted by atomic mass is 35.5. The summed E-state index contributed by atoms with van der Waals surface area (Å²) in [5.74, 6) is -0.854. The van der Waals surface area contributed by atoms with Gasteiger partial charge in [0.25, 0.3) is 5.91 Å². The van der Waals surface area contributed by atoms with E-state index in [1.54, 1.807) is 30.3 Å². The number of benzene rings is 2. The monoisotopic (exact) mass is 393 g/mol. The minimum Gasteiger partial charge on any atom is -0.460 e. The highest BCUT2D eigenvalue weighted by Gasteiger charge is 2.15. The molecule has 0 bridgehead atoms. The van der Waals surface area contributed by atoms with E-state index in [1.807, 2.05) is 12.1 Å². The molecule has 0 aliphatic carbocycles. The van der Waals surface area contributed by atoms with Crippen LogP contribution in [-0.2, 0) is 21.6 Å². The fraction of sp³-hybridized carbons (Fsp3) is 0.300. The normalized spacial score (nSPS) is 11.1. The van der Waals surface area contributed by atoms with Gasteiger partial charge in [-0.1, -0.05) is 62.2 Å². The Hall–Kier alpha value is -2.04. The van der Waals surface area contributed by atoms with Crippen LogP contribution < -0.4 is 5.32 Å². The lowest BCUT2D eigenvalue weighted by Crippen LogP contribution is -2.30. The van der Waals surface area contributed by atoms with Gasteiger partial charge in [-0.25, -0.2) is 0 Å². The van der Waals surface area contributed by atoms with Gasteiger partial charge < -0.3 is 10.1 Å². The molecule has 0 heterocycles. The zero-order valence-electron chi connectivity index (χ0n) is 14.9. The van der Waals surface area contributed by atoms with Crippen molar-refractivity contribution >= 4 is 35.1 Å². The fourth-order valence-corrected chi connectivity index (χ4v) is 2.54. The largest absolute Gasteiger partial charge is 0.460 e. The second kappa shape index (κ2) is 8.56. The first kappa shape index (κ1) is 20.3. The average molecular weight is 394 g/mol. The number of hydrogen-bond acceptors (Lipinski definition) is 3. The molecule has 138 valence electrons. The highest BCUT2D eigenvalue weighted by molar-refractivity contribution is 6.42. The van der Waals surface area contributed by atoms with Crippen LogP contribution in [0, 0.1) is 0 Å². The van der Waals surface area contributed by atoms with Gasteiger partial charge in [-0.15, -0.1) is 0 Å². The number of nitrogens with one attached hydrogen (secondary N) is 1. The maximum atomic E-state index is 12.1. The van der Waals surface area contributed by atoms with E-state index in [1.165, 1.54) is 0 Å². The number of halogens is 2. The number of rotatable bonds is 5. The van der Waals surface area contributed by atoms with E-state index in [9.17, 15) is 9.59 Å². The molecule has 0 aliphatic rings. The highest BCUT2D eigenvalue weighted by Crippen LogP contribution is 2.23. The minimum atomic E-state index is -0.532. The van der Waals surface area contributed by atoms with Crippen LogP contribution in [0.1, 0.15) is 42.3 Å². The molecular formula is C20H21Cl2NO3. The van der Waals surface area contributed by atoms with E-state index in [4.69, 9.17) is 27.9 Å². The zero-order valence-corrected chi connectivity index (χ0v) is 16.4. The predicted octanol–water partition coefficient (Wildman–Crippen LogP) is 4.76. The Morgan fingerprint density at radius 2 is 1.65 bits per heavy atom. The van der Waals surface area contributed by atoms with Gasteiger partial charge in [-0.2, -0.15) is 0 Å². The Labute approximate surface area is 163 Å². The number of esters is 1. The lowest BCUT2D eigenvalue weighted by atomic mass is 9.87. The zero-order chi connectivity index (χ0) is 19.3. The molecule has 0 atom stereocenters. The summed E-state index contributed by atoms with van der Waals surface area (Å²) < 4.78 is 5.12. The van der Waals surface area contributed by atoms with Gasteiger partial charge in [0, 0.05) is 5.56 Å². The third-order valence-corrected chi connectivity index (χ3v) is 4.53. The van der Waals surface area contributed by atoms with Crippen molar-refractivity contribution in [1.29, 1.82) is 0 Å². The van der Waals surface area contributed by atoms with E-state index in [0.29, 0.717) is 15.6 Å². The minimum absolute atomic E-state index is 0.0172. The Morgan fingerprint density at radius 1 is 1.00 bits per heavy atom. The predicted molar refractivity (Wildman–Crippen MR) is 104 cm³/mol. The Balaban J connectivity index is 1.82. The third kappa shape index (κ3) is 5.75. The number of carbonyl (C=O) groups is 2. The van der Waals surface area contributed by atoms with Crippen molar-refractivity contribution in [2.75, 3.05) is 6.54 Å². The van der Waals surface area contributed by atoms with E-state index in [-0.39, 0.29) is 24.5 Å². The van der Waals surface area contributed by atoms with Crippen molar-refractivity contribution < 1.29 is 14.3 Å². The number of hydrogen-bond donors (Lipinski definition) is 1.